The molecule has 1 rings (SSSR count). The van der Waals surface area contributed by atoms with Crippen LogP contribution in [0, 0.1) is 6.92 Å². The molecule has 0 bridgehead atoms. The molecule has 323 valence electrons. The van der Waals surface area contributed by atoms with Gasteiger partial charge in [0.1, 0.15) is 5.82 Å². The Kier molecular flexibility index (Phi) is 40.4. The Morgan fingerprint density at radius 3 is 0.764 bits per heavy atom. The lowest BCUT2D eigenvalue weighted by atomic mass is 9.96. The zero-order valence-electron chi connectivity index (χ0n) is 38.4. The highest BCUT2D eigenvalue weighted by Gasteiger charge is 2.15. The minimum absolute atomic E-state index is 0.979. The predicted molar refractivity (Wildman–Crippen MR) is 249 cm³/mol. The minimum atomic E-state index is 0.979. The van der Waals surface area contributed by atoms with Crippen LogP contribution in [-0.4, -0.2) is 9.97 Å². The number of hydrogen-bond acceptors (Lipinski definition) is 2. The van der Waals surface area contributed by atoms with Gasteiger partial charge in [0.25, 0.3) is 0 Å². The first kappa shape index (κ1) is 52.1. The van der Waals surface area contributed by atoms with E-state index in [-0.39, 0.29) is 0 Å². The fourth-order valence-electron chi connectivity index (χ4n) is 8.68. The highest BCUT2D eigenvalue weighted by Crippen LogP contribution is 2.23. The summed E-state index contributed by atoms with van der Waals surface area (Å²) in [6, 6.07) is 0. The van der Waals surface area contributed by atoms with Crippen LogP contribution in [0.15, 0.2) is 0 Å². The second-order valence-electron chi connectivity index (χ2n) is 17.9. The fraction of sp³-hybridized carbons (Fsp3) is 0.906. The van der Waals surface area contributed by atoms with E-state index in [0.717, 1.165) is 37.9 Å². The fourth-order valence-corrected chi connectivity index (χ4v) is 8.68. The Morgan fingerprint density at radius 2 is 0.509 bits per heavy atom. The SMILES string of the molecule is [CH2]CCCc1nc(CCCCCCCCCCCCCCC)c(CCCCCCCCCCCCCCC)c(CCCCCCCCCCCCCCC)n1. The third-order valence-corrected chi connectivity index (χ3v) is 12.4. The molecule has 1 aromatic rings. The van der Waals surface area contributed by atoms with Gasteiger partial charge in [0, 0.05) is 17.8 Å². The summed E-state index contributed by atoms with van der Waals surface area (Å²) in [7, 11) is 0. The number of hydrogen-bond donors (Lipinski definition) is 0. The molecule has 0 saturated carbocycles. The van der Waals surface area contributed by atoms with Gasteiger partial charge in [-0.3, -0.25) is 0 Å². The smallest absolute Gasteiger partial charge is 0.128 e. The first-order valence-corrected chi connectivity index (χ1v) is 25.9. The zero-order valence-corrected chi connectivity index (χ0v) is 38.4. The average Bonchev–Trinajstić information content (AvgIpc) is 3.19. The summed E-state index contributed by atoms with van der Waals surface area (Å²) in [5.74, 6) is 1.12. The molecule has 1 heterocycles. The van der Waals surface area contributed by atoms with Gasteiger partial charge >= 0.3 is 0 Å². The Hall–Kier alpha value is -0.920. The number of aromatic nitrogens is 2. The normalized spacial score (nSPS) is 11.6. The Balaban J connectivity index is 2.59. The summed E-state index contributed by atoms with van der Waals surface area (Å²) in [5.41, 5.74) is 4.43. The van der Waals surface area contributed by atoms with Gasteiger partial charge in [-0.15, -0.1) is 0 Å². The summed E-state index contributed by atoms with van der Waals surface area (Å²) in [4.78, 5) is 10.6. The van der Waals surface area contributed by atoms with Gasteiger partial charge in [0.05, 0.1) is 0 Å². The lowest BCUT2D eigenvalue weighted by Gasteiger charge is -2.16. The molecule has 0 N–H and O–H groups in total. The van der Waals surface area contributed by atoms with Crippen molar-refractivity contribution in [2.75, 3.05) is 0 Å². The second kappa shape index (κ2) is 42.7. The molecule has 0 amide bonds. The third-order valence-electron chi connectivity index (χ3n) is 12.4. The molecule has 1 aromatic heterocycles. The molecule has 55 heavy (non-hydrogen) atoms. The van der Waals surface area contributed by atoms with Crippen LogP contribution in [0.1, 0.15) is 307 Å². The Morgan fingerprint density at radius 1 is 0.273 bits per heavy atom. The van der Waals surface area contributed by atoms with Crippen molar-refractivity contribution in [3.8, 4) is 0 Å². The molecular formula is C53H101N2. The maximum absolute atomic E-state index is 5.32. The van der Waals surface area contributed by atoms with Crippen LogP contribution in [-0.2, 0) is 25.7 Å². The van der Waals surface area contributed by atoms with E-state index < -0.39 is 0 Å². The molecule has 0 atom stereocenters. The van der Waals surface area contributed by atoms with E-state index in [1.165, 1.54) is 268 Å². The van der Waals surface area contributed by atoms with Crippen molar-refractivity contribution in [3.63, 3.8) is 0 Å². The Bertz CT molecular complexity index is 841. The van der Waals surface area contributed by atoms with E-state index in [0.29, 0.717) is 0 Å². The van der Waals surface area contributed by atoms with Crippen LogP contribution in [0.4, 0.5) is 0 Å². The number of rotatable bonds is 45. The van der Waals surface area contributed by atoms with Crippen LogP contribution < -0.4 is 0 Å². The van der Waals surface area contributed by atoms with Crippen molar-refractivity contribution < 1.29 is 0 Å². The first-order valence-electron chi connectivity index (χ1n) is 25.9. The van der Waals surface area contributed by atoms with E-state index in [1.54, 1.807) is 5.56 Å². The molecule has 0 aliphatic carbocycles. The van der Waals surface area contributed by atoms with E-state index >= 15 is 0 Å². The summed E-state index contributed by atoms with van der Waals surface area (Å²) in [6.45, 7) is 11.1. The maximum atomic E-state index is 5.32. The number of nitrogens with zero attached hydrogens (tertiary/aromatic N) is 2. The molecule has 0 aliphatic rings. The van der Waals surface area contributed by atoms with Gasteiger partial charge in [-0.05, 0) is 50.5 Å². The van der Waals surface area contributed by atoms with Crippen molar-refractivity contribution in [1.82, 2.24) is 9.97 Å². The van der Waals surface area contributed by atoms with Gasteiger partial charge < -0.3 is 0 Å². The van der Waals surface area contributed by atoms with E-state index in [9.17, 15) is 0 Å². The van der Waals surface area contributed by atoms with Gasteiger partial charge in [-0.25, -0.2) is 9.97 Å². The molecule has 2 nitrogen and oxygen atoms in total. The summed E-state index contributed by atoms with van der Waals surface area (Å²) >= 11 is 0. The molecule has 0 fully saturated rings. The highest BCUT2D eigenvalue weighted by molar-refractivity contribution is 5.27. The third kappa shape index (κ3) is 33.7. The molecule has 2 heteroatoms. The van der Waals surface area contributed by atoms with Crippen molar-refractivity contribution in [3.05, 3.63) is 29.7 Å². The molecule has 0 aliphatic heterocycles. The standard InChI is InChI=1S/C53H101N2/c1-5-9-13-16-19-22-25-28-31-34-37-40-43-46-50-51(47-44-41-38-35-32-29-26-23-20-17-14-10-6-2)54-53(49-12-8-4)55-52(50)48-45-42-39-36-33-30-27-24-21-18-15-11-7-3/h4-49H2,1-3H3. The molecular weight excluding hydrogens is 665 g/mol. The second-order valence-corrected chi connectivity index (χ2v) is 17.9. The summed E-state index contributed by atoms with van der Waals surface area (Å²) in [6.07, 6.45) is 61.9. The van der Waals surface area contributed by atoms with Crippen molar-refractivity contribution in [2.24, 2.45) is 0 Å². The van der Waals surface area contributed by atoms with Gasteiger partial charge in [-0.1, -0.05) is 265 Å². The molecule has 0 unspecified atom stereocenters. The van der Waals surface area contributed by atoms with E-state index in [1.807, 2.05) is 0 Å². The van der Waals surface area contributed by atoms with Crippen LogP contribution in [0.5, 0.6) is 0 Å². The monoisotopic (exact) mass is 766 g/mol. The molecule has 0 aromatic carbocycles. The molecule has 1 radical (unpaired) electrons. The topological polar surface area (TPSA) is 25.8 Å². The van der Waals surface area contributed by atoms with E-state index in [4.69, 9.17) is 9.97 Å². The van der Waals surface area contributed by atoms with E-state index in [2.05, 4.69) is 27.7 Å². The maximum Gasteiger partial charge on any atom is 0.128 e. The van der Waals surface area contributed by atoms with Gasteiger partial charge in [-0.2, -0.15) is 0 Å². The van der Waals surface area contributed by atoms with Crippen LogP contribution >= 0.6 is 0 Å². The first-order chi connectivity index (χ1) is 27.3. The number of unbranched alkanes of at least 4 members (excludes halogenated alkanes) is 37. The average molecular weight is 766 g/mol. The number of aryl methyl sites for hydroxylation is 3. The zero-order chi connectivity index (χ0) is 39.5. The van der Waals surface area contributed by atoms with Gasteiger partial charge in [0.15, 0.2) is 0 Å². The predicted octanol–water partition coefficient (Wildman–Crippen LogP) is 18.5. The van der Waals surface area contributed by atoms with Crippen molar-refractivity contribution >= 4 is 0 Å². The highest BCUT2D eigenvalue weighted by atomic mass is 14.9. The molecule has 0 spiro atoms. The molecule has 0 saturated heterocycles. The van der Waals surface area contributed by atoms with Gasteiger partial charge in [0.2, 0.25) is 0 Å². The summed E-state index contributed by atoms with van der Waals surface area (Å²) < 4.78 is 0. The van der Waals surface area contributed by atoms with Crippen molar-refractivity contribution in [2.45, 2.75) is 310 Å². The summed E-state index contributed by atoms with van der Waals surface area (Å²) in [5, 5.41) is 0. The van der Waals surface area contributed by atoms with Crippen molar-refractivity contribution in [1.29, 1.82) is 0 Å². The van der Waals surface area contributed by atoms with Crippen LogP contribution in [0.2, 0.25) is 0 Å². The quantitative estimate of drug-likeness (QED) is 0.0618. The van der Waals surface area contributed by atoms with Crippen LogP contribution in [0.25, 0.3) is 0 Å². The minimum Gasteiger partial charge on any atom is -0.238 e. The Labute approximate surface area is 348 Å². The largest absolute Gasteiger partial charge is 0.238 e. The van der Waals surface area contributed by atoms with Crippen LogP contribution in [0.3, 0.4) is 0 Å². The lowest BCUT2D eigenvalue weighted by molar-refractivity contribution is 0.534. The lowest BCUT2D eigenvalue weighted by Crippen LogP contribution is -2.11.